The van der Waals surface area contributed by atoms with E-state index in [0.29, 0.717) is 0 Å². The number of rotatable bonds is 10. The smallest absolute Gasteiger partial charge is 0.325 e. The number of carbonyl (C=O) groups excluding carboxylic acids is 3. The van der Waals surface area contributed by atoms with Crippen LogP contribution in [0.25, 0.3) is 0 Å². The van der Waals surface area contributed by atoms with E-state index in [-0.39, 0.29) is 52.2 Å². The lowest BCUT2D eigenvalue weighted by molar-refractivity contribution is -0.384. The maximum Gasteiger partial charge on any atom is 0.325 e. The van der Waals surface area contributed by atoms with Crippen molar-refractivity contribution in [3.8, 4) is 11.8 Å². The van der Waals surface area contributed by atoms with E-state index in [1.54, 1.807) is 6.07 Å². The topological polar surface area (TPSA) is 186 Å². The molecule has 2 aromatic rings. The molecule has 1 N–H and O–H groups in total. The molecule has 0 bridgehead atoms. The van der Waals surface area contributed by atoms with E-state index < -0.39 is 28.5 Å². The first kappa shape index (κ1) is 28.5. The van der Waals surface area contributed by atoms with Crippen molar-refractivity contribution in [2.24, 2.45) is 10.2 Å². The molecule has 2 rings (SSSR count). The highest BCUT2D eigenvalue weighted by atomic mass is 35.5. The van der Waals surface area contributed by atoms with E-state index in [4.69, 9.17) is 25.8 Å². The van der Waals surface area contributed by atoms with E-state index in [1.807, 2.05) is 0 Å². The number of nitro benzene ring substituents is 1. The van der Waals surface area contributed by atoms with Crippen molar-refractivity contribution in [1.82, 2.24) is 0 Å². The van der Waals surface area contributed by atoms with Crippen molar-refractivity contribution < 1.29 is 33.5 Å². The lowest BCUT2D eigenvalue weighted by atomic mass is 10.1. The van der Waals surface area contributed by atoms with Crippen LogP contribution >= 0.6 is 11.6 Å². The van der Waals surface area contributed by atoms with Gasteiger partial charge in [0, 0.05) is 25.1 Å². The molecule has 0 aliphatic heterocycles. The van der Waals surface area contributed by atoms with Crippen LogP contribution < -0.4 is 15.0 Å². The zero-order chi connectivity index (χ0) is 27.7. The first-order valence-electron chi connectivity index (χ1n) is 10.2. The van der Waals surface area contributed by atoms with Gasteiger partial charge in [0.05, 0.1) is 48.2 Å². The average Bonchev–Trinajstić information content (AvgIpc) is 2.86. The fraction of sp³-hybridized carbons (Fsp3) is 0.273. The average molecular weight is 533 g/mol. The molecule has 0 saturated heterocycles. The molecule has 37 heavy (non-hydrogen) atoms. The van der Waals surface area contributed by atoms with Crippen LogP contribution in [0.2, 0.25) is 5.02 Å². The van der Waals surface area contributed by atoms with E-state index in [9.17, 15) is 29.8 Å². The number of esters is 2. The van der Waals surface area contributed by atoms with Gasteiger partial charge in [-0.15, -0.1) is 10.2 Å². The second-order valence-corrected chi connectivity index (χ2v) is 7.53. The van der Waals surface area contributed by atoms with Gasteiger partial charge in [-0.1, -0.05) is 11.6 Å². The second-order valence-electron chi connectivity index (χ2n) is 7.12. The second kappa shape index (κ2) is 12.8. The Hall–Kier alpha value is -4.77. The maximum atomic E-state index is 12.0. The third kappa shape index (κ3) is 7.36. The molecule has 14 nitrogen and oxygen atoms in total. The number of azo groups is 1. The SMILES string of the molecule is COC(=O)CN(CC(=O)OC)c1cc(NC(C)=O)c(N=Nc2c(Cl)cc([N+](=O)[O-])cc2C#N)cc1OC. The van der Waals surface area contributed by atoms with Crippen molar-refractivity contribution in [2.45, 2.75) is 6.92 Å². The molecular formula is C22H21ClN6O8. The molecule has 0 heterocycles. The Morgan fingerprint density at radius 1 is 1.11 bits per heavy atom. The molecule has 0 radical (unpaired) electrons. The van der Waals surface area contributed by atoms with Crippen molar-refractivity contribution >= 4 is 57.9 Å². The molecule has 0 unspecified atom stereocenters. The Morgan fingerprint density at radius 3 is 2.22 bits per heavy atom. The van der Waals surface area contributed by atoms with Gasteiger partial charge in [0.25, 0.3) is 5.69 Å². The van der Waals surface area contributed by atoms with Gasteiger partial charge in [0.1, 0.15) is 36.3 Å². The number of nitrogens with one attached hydrogen (secondary N) is 1. The highest BCUT2D eigenvalue weighted by molar-refractivity contribution is 6.33. The largest absolute Gasteiger partial charge is 0.494 e. The summed E-state index contributed by atoms with van der Waals surface area (Å²) in [5, 5.41) is 30.8. The monoisotopic (exact) mass is 532 g/mol. The predicted octanol–water partition coefficient (Wildman–Crippen LogP) is 3.65. The van der Waals surface area contributed by atoms with E-state index >= 15 is 0 Å². The lowest BCUT2D eigenvalue weighted by Crippen LogP contribution is -2.36. The first-order valence-corrected chi connectivity index (χ1v) is 10.6. The van der Waals surface area contributed by atoms with E-state index in [0.717, 1.165) is 12.1 Å². The Balaban J connectivity index is 2.67. The number of amides is 1. The Kier molecular flexibility index (Phi) is 9.84. The molecule has 0 aromatic heterocycles. The van der Waals surface area contributed by atoms with Crippen LogP contribution in [-0.2, 0) is 23.9 Å². The number of benzene rings is 2. The van der Waals surface area contributed by atoms with Gasteiger partial charge in [-0.2, -0.15) is 5.26 Å². The first-order chi connectivity index (χ1) is 17.5. The summed E-state index contributed by atoms with van der Waals surface area (Å²) in [4.78, 5) is 47.5. The number of anilines is 2. The number of nitro groups is 1. The van der Waals surface area contributed by atoms with Gasteiger partial charge < -0.3 is 24.4 Å². The number of methoxy groups -OCH3 is 3. The molecule has 0 aliphatic rings. The molecule has 2 aromatic carbocycles. The van der Waals surface area contributed by atoms with Gasteiger partial charge in [0.15, 0.2) is 0 Å². The third-order valence-corrected chi connectivity index (χ3v) is 4.97. The Morgan fingerprint density at radius 2 is 1.73 bits per heavy atom. The minimum absolute atomic E-state index is 0.0465. The van der Waals surface area contributed by atoms with Crippen molar-refractivity contribution in [1.29, 1.82) is 5.26 Å². The van der Waals surface area contributed by atoms with Crippen LogP contribution in [0.3, 0.4) is 0 Å². The summed E-state index contributed by atoms with van der Waals surface area (Å²) in [5.41, 5.74) is -0.373. The summed E-state index contributed by atoms with van der Waals surface area (Å²) in [7, 11) is 3.69. The van der Waals surface area contributed by atoms with E-state index in [1.165, 1.54) is 45.3 Å². The molecule has 0 atom stereocenters. The predicted molar refractivity (Wildman–Crippen MR) is 131 cm³/mol. The quantitative estimate of drug-likeness (QED) is 0.205. The lowest BCUT2D eigenvalue weighted by Gasteiger charge is -2.25. The van der Waals surface area contributed by atoms with Gasteiger partial charge in [-0.05, 0) is 6.07 Å². The van der Waals surface area contributed by atoms with Crippen molar-refractivity contribution in [3.63, 3.8) is 0 Å². The number of ether oxygens (including phenoxy) is 3. The maximum absolute atomic E-state index is 12.0. The van der Waals surface area contributed by atoms with Crippen LogP contribution in [0, 0.1) is 21.4 Å². The minimum atomic E-state index is -0.708. The highest BCUT2D eigenvalue weighted by Crippen LogP contribution is 2.41. The summed E-state index contributed by atoms with van der Waals surface area (Å²) in [5.74, 6) is -1.67. The zero-order valence-electron chi connectivity index (χ0n) is 20.1. The molecule has 0 fully saturated rings. The number of nitriles is 1. The van der Waals surface area contributed by atoms with Crippen molar-refractivity contribution in [3.05, 3.63) is 45.0 Å². The van der Waals surface area contributed by atoms with Gasteiger partial charge >= 0.3 is 11.9 Å². The molecule has 0 saturated carbocycles. The zero-order valence-corrected chi connectivity index (χ0v) is 20.9. The number of hydrogen-bond acceptors (Lipinski definition) is 12. The number of halogens is 1. The van der Waals surface area contributed by atoms with Crippen LogP contribution in [0.1, 0.15) is 12.5 Å². The normalized spacial score (nSPS) is 10.4. The molecule has 1 amide bonds. The minimum Gasteiger partial charge on any atom is -0.494 e. The van der Waals surface area contributed by atoms with Crippen molar-refractivity contribution in [2.75, 3.05) is 44.6 Å². The summed E-state index contributed by atoms with van der Waals surface area (Å²) in [6.45, 7) is 0.533. The Labute approximate surface area is 215 Å². The summed E-state index contributed by atoms with van der Waals surface area (Å²) in [6.07, 6.45) is 0. The van der Waals surface area contributed by atoms with Crippen LogP contribution in [0.4, 0.5) is 28.4 Å². The van der Waals surface area contributed by atoms with Crippen LogP contribution in [0.15, 0.2) is 34.5 Å². The standard InChI is InChI=1S/C22H21ClN6O8/c1-12(30)25-16-7-18(28(10-20(31)36-3)11-21(32)37-4)19(35-2)8-17(16)26-27-22-13(9-24)5-14(29(33)34)6-15(22)23/h5-8H,10-11H2,1-4H3,(H,25,30). The number of nitrogens with zero attached hydrogens (tertiary/aromatic N) is 5. The molecule has 0 aliphatic carbocycles. The fourth-order valence-electron chi connectivity index (χ4n) is 2.99. The summed E-state index contributed by atoms with van der Waals surface area (Å²) < 4.78 is 14.8. The Bertz CT molecular complexity index is 1290. The highest BCUT2D eigenvalue weighted by Gasteiger charge is 2.23. The van der Waals surface area contributed by atoms with Crippen LogP contribution in [0.5, 0.6) is 5.75 Å². The number of carbonyl (C=O) groups is 3. The molecule has 0 spiro atoms. The number of hydrogen-bond donors (Lipinski definition) is 1. The van der Waals surface area contributed by atoms with Gasteiger partial charge in [0.2, 0.25) is 5.91 Å². The van der Waals surface area contributed by atoms with Gasteiger partial charge in [-0.25, -0.2) is 0 Å². The molecule has 15 heteroatoms. The molecular weight excluding hydrogens is 512 g/mol. The van der Waals surface area contributed by atoms with Crippen LogP contribution in [-0.4, -0.2) is 57.2 Å². The van der Waals surface area contributed by atoms with E-state index in [2.05, 4.69) is 15.5 Å². The van der Waals surface area contributed by atoms with Gasteiger partial charge in [-0.3, -0.25) is 24.5 Å². The summed E-state index contributed by atoms with van der Waals surface area (Å²) in [6, 6.07) is 6.54. The summed E-state index contributed by atoms with van der Waals surface area (Å²) >= 11 is 6.10. The fourth-order valence-corrected chi connectivity index (χ4v) is 3.24. The number of non-ortho nitro benzene ring substituents is 1. The third-order valence-electron chi connectivity index (χ3n) is 4.68. The molecule has 194 valence electrons.